The van der Waals surface area contributed by atoms with Crippen LogP contribution in [-0.2, 0) is 15.2 Å². The normalized spacial score (nSPS) is 9.24. The molecule has 0 atom stereocenters. The third-order valence-corrected chi connectivity index (χ3v) is 2.05. The molecule has 0 heterocycles. The summed E-state index contributed by atoms with van der Waals surface area (Å²) in [7, 11) is -1.65. The number of benzene rings is 1. The topological polar surface area (TPSA) is 102 Å². The fourth-order valence-electron chi connectivity index (χ4n) is 1.09. The van der Waals surface area contributed by atoms with E-state index in [-0.39, 0.29) is 11.3 Å². The van der Waals surface area contributed by atoms with Crippen LogP contribution < -0.4 is 5.32 Å². The van der Waals surface area contributed by atoms with Crippen LogP contribution in [0.5, 0.6) is 0 Å². The number of rotatable bonds is 2. The van der Waals surface area contributed by atoms with Crippen LogP contribution in [0.15, 0.2) is 28.6 Å². The van der Waals surface area contributed by atoms with Crippen molar-refractivity contribution in [2.75, 3.05) is 12.4 Å². The number of ether oxygens (including phenoxy) is 1. The SMILES string of the molecule is COC(=O)c1ccccc1NC(=O)N=S(=O)=O. The van der Waals surface area contributed by atoms with Gasteiger partial charge in [0.1, 0.15) is 0 Å². The summed E-state index contributed by atoms with van der Waals surface area (Å²) in [4.78, 5) is 22.4. The lowest BCUT2D eigenvalue weighted by atomic mass is 10.2. The molecule has 0 spiro atoms. The van der Waals surface area contributed by atoms with Crippen LogP contribution in [-0.4, -0.2) is 27.5 Å². The van der Waals surface area contributed by atoms with Gasteiger partial charge in [0.25, 0.3) is 0 Å². The fourth-order valence-corrected chi connectivity index (χ4v) is 1.27. The molecule has 0 aliphatic heterocycles. The zero-order valence-electron chi connectivity index (χ0n) is 8.71. The van der Waals surface area contributed by atoms with Crippen LogP contribution >= 0.6 is 0 Å². The molecule has 0 aromatic heterocycles. The molecule has 2 amide bonds. The van der Waals surface area contributed by atoms with Gasteiger partial charge in [-0.15, -0.1) is 0 Å². The van der Waals surface area contributed by atoms with Gasteiger partial charge >= 0.3 is 22.5 Å². The smallest absolute Gasteiger partial charge is 0.360 e. The van der Waals surface area contributed by atoms with Crippen LogP contribution in [0.2, 0.25) is 0 Å². The van der Waals surface area contributed by atoms with Gasteiger partial charge in [-0.05, 0) is 12.1 Å². The maximum Gasteiger partial charge on any atom is 0.360 e. The molecule has 17 heavy (non-hydrogen) atoms. The molecular formula is C9H8N2O5S. The number of methoxy groups -OCH3 is 1. The molecule has 1 rings (SSSR count). The number of nitrogens with zero attached hydrogens (tertiary/aromatic N) is 1. The van der Waals surface area contributed by atoms with Crippen molar-refractivity contribution >= 4 is 28.2 Å². The van der Waals surface area contributed by atoms with Gasteiger partial charge in [-0.3, -0.25) is 0 Å². The Morgan fingerprint density at radius 3 is 2.53 bits per heavy atom. The van der Waals surface area contributed by atoms with Crippen LogP contribution in [0.25, 0.3) is 0 Å². The molecule has 0 aliphatic rings. The number of hydrogen-bond donors (Lipinski definition) is 1. The van der Waals surface area contributed by atoms with E-state index in [1.54, 1.807) is 12.1 Å². The molecule has 0 saturated carbocycles. The van der Waals surface area contributed by atoms with E-state index in [0.29, 0.717) is 0 Å². The van der Waals surface area contributed by atoms with Crippen molar-refractivity contribution < 1.29 is 22.7 Å². The number of para-hydroxylation sites is 1. The average Bonchev–Trinajstić information content (AvgIpc) is 2.27. The van der Waals surface area contributed by atoms with Crippen molar-refractivity contribution in [3.05, 3.63) is 29.8 Å². The predicted molar refractivity (Wildman–Crippen MR) is 58.1 cm³/mol. The highest BCUT2D eigenvalue weighted by Crippen LogP contribution is 2.16. The Morgan fingerprint density at radius 1 is 1.29 bits per heavy atom. The lowest BCUT2D eigenvalue weighted by molar-refractivity contribution is 0.0602. The second kappa shape index (κ2) is 5.75. The average molecular weight is 256 g/mol. The Kier molecular flexibility index (Phi) is 4.35. The van der Waals surface area contributed by atoms with Crippen LogP contribution in [0.4, 0.5) is 10.5 Å². The molecule has 7 nitrogen and oxygen atoms in total. The lowest BCUT2D eigenvalue weighted by Crippen LogP contribution is -2.11. The second-order valence-electron chi connectivity index (χ2n) is 2.78. The van der Waals surface area contributed by atoms with Crippen molar-refractivity contribution in [2.45, 2.75) is 0 Å². The number of amides is 2. The van der Waals surface area contributed by atoms with Gasteiger partial charge in [0, 0.05) is 0 Å². The van der Waals surface area contributed by atoms with E-state index in [0.717, 1.165) is 0 Å². The number of urea groups is 1. The molecule has 0 saturated heterocycles. The zero-order valence-corrected chi connectivity index (χ0v) is 9.52. The predicted octanol–water partition coefficient (Wildman–Crippen LogP) is 1.07. The van der Waals surface area contributed by atoms with Gasteiger partial charge in [-0.2, -0.15) is 8.42 Å². The second-order valence-corrected chi connectivity index (χ2v) is 3.39. The number of esters is 1. The quantitative estimate of drug-likeness (QED) is 0.797. The van der Waals surface area contributed by atoms with Crippen molar-refractivity contribution in [3.63, 3.8) is 0 Å². The Labute approximate surface area is 98.1 Å². The largest absolute Gasteiger partial charge is 0.465 e. The summed E-state index contributed by atoms with van der Waals surface area (Å²) in [6.07, 6.45) is 0. The van der Waals surface area contributed by atoms with E-state index < -0.39 is 22.5 Å². The first-order valence-corrected chi connectivity index (χ1v) is 5.37. The number of carbonyl (C=O) groups excluding carboxylic acids is 2. The summed E-state index contributed by atoms with van der Waals surface area (Å²) in [5.74, 6) is -0.649. The van der Waals surface area contributed by atoms with Gasteiger partial charge in [0.15, 0.2) is 0 Å². The minimum atomic E-state index is -2.84. The molecular weight excluding hydrogens is 248 g/mol. The van der Waals surface area contributed by atoms with Crippen LogP contribution in [0.1, 0.15) is 10.4 Å². The first-order chi connectivity index (χ1) is 8.04. The first-order valence-electron chi connectivity index (χ1n) is 4.34. The maximum atomic E-state index is 11.3. The van der Waals surface area contributed by atoms with Gasteiger partial charge < -0.3 is 10.1 Å². The van der Waals surface area contributed by atoms with Gasteiger partial charge in [-0.1, -0.05) is 16.5 Å². The molecule has 0 aliphatic carbocycles. The van der Waals surface area contributed by atoms with E-state index in [1.807, 2.05) is 0 Å². The van der Waals surface area contributed by atoms with Crippen molar-refractivity contribution in [1.29, 1.82) is 0 Å². The Bertz CT molecular complexity index is 571. The standard InChI is InChI=1S/C9H8N2O5S/c1-16-8(12)6-4-2-3-5-7(6)10-9(13)11-17(14)15/h2-5H,1H3,(H,10,13). The third-order valence-electron chi connectivity index (χ3n) is 1.73. The van der Waals surface area contributed by atoms with Gasteiger partial charge in [0.05, 0.1) is 18.4 Å². The third kappa shape index (κ3) is 3.68. The highest BCUT2D eigenvalue weighted by atomic mass is 32.2. The molecule has 0 unspecified atom stereocenters. The minimum Gasteiger partial charge on any atom is -0.465 e. The van der Waals surface area contributed by atoms with Crippen molar-refractivity contribution in [2.24, 2.45) is 4.36 Å². The molecule has 0 radical (unpaired) electrons. The summed E-state index contributed by atoms with van der Waals surface area (Å²) < 4.78 is 27.5. The van der Waals surface area contributed by atoms with E-state index in [2.05, 4.69) is 14.4 Å². The number of carbonyl (C=O) groups is 2. The molecule has 1 N–H and O–H groups in total. The highest BCUT2D eigenvalue weighted by Gasteiger charge is 2.12. The van der Waals surface area contributed by atoms with Gasteiger partial charge in [-0.25, -0.2) is 9.59 Å². The van der Waals surface area contributed by atoms with Crippen LogP contribution in [0, 0.1) is 0 Å². The number of nitrogens with one attached hydrogen (secondary N) is 1. The lowest BCUT2D eigenvalue weighted by Gasteiger charge is -2.06. The van der Waals surface area contributed by atoms with Gasteiger partial charge in [0.2, 0.25) is 0 Å². The molecule has 90 valence electrons. The number of anilines is 1. The van der Waals surface area contributed by atoms with E-state index in [4.69, 9.17) is 0 Å². The van der Waals surface area contributed by atoms with Crippen LogP contribution in [0.3, 0.4) is 0 Å². The molecule has 1 aromatic rings. The summed E-state index contributed by atoms with van der Waals surface area (Å²) >= 11 is 0. The van der Waals surface area contributed by atoms with E-state index in [9.17, 15) is 18.0 Å². The molecule has 0 bridgehead atoms. The summed E-state index contributed by atoms with van der Waals surface area (Å²) in [5.41, 5.74) is 0.230. The minimum absolute atomic E-state index is 0.107. The Balaban J connectivity index is 3.03. The van der Waals surface area contributed by atoms with E-state index >= 15 is 0 Å². The molecule has 1 aromatic carbocycles. The maximum absolute atomic E-state index is 11.3. The summed E-state index contributed by atoms with van der Waals surface area (Å²) in [5, 5.41) is 2.16. The zero-order chi connectivity index (χ0) is 12.8. The Hall–Kier alpha value is -2.22. The summed E-state index contributed by atoms with van der Waals surface area (Å²) in [6.45, 7) is 0. The molecule has 0 fully saturated rings. The Morgan fingerprint density at radius 2 is 1.94 bits per heavy atom. The summed E-state index contributed by atoms with van der Waals surface area (Å²) in [6, 6.07) is 4.90. The monoisotopic (exact) mass is 256 g/mol. The van der Waals surface area contributed by atoms with Crippen molar-refractivity contribution in [3.8, 4) is 0 Å². The van der Waals surface area contributed by atoms with E-state index in [1.165, 1.54) is 19.2 Å². The highest BCUT2D eigenvalue weighted by molar-refractivity contribution is 7.62. The fraction of sp³-hybridized carbons (Fsp3) is 0.111. The number of hydrogen-bond acceptors (Lipinski definition) is 5. The first kappa shape index (κ1) is 12.8. The molecule has 8 heteroatoms. The van der Waals surface area contributed by atoms with Crippen molar-refractivity contribution in [1.82, 2.24) is 0 Å².